The Kier molecular flexibility index (Phi) is 6.09. The smallest absolute Gasteiger partial charge is 0.314 e. The van der Waals surface area contributed by atoms with Crippen LogP contribution in [0.3, 0.4) is 0 Å². The molecule has 5 heteroatoms. The average molecular weight is 408 g/mol. The molecule has 1 N–H and O–H groups in total. The van der Waals surface area contributed by atoms with Crippen LogP contribution in [0.4, 0.5) is 0 Å². The SMILES string of the molecule is CC1(C)C(=CNOC2CCCC2)[C@H]1C(=O)OCc1cccc(Oc2ccccc2)c1. The fourth-order valence-electron chi connectivity index (χ4n) is 4.03. The zero-order chi connectivity index (χ0) is 21.0. The van der Waals surface area contributed by atoms with Crippen molar-refractivity contribution < 1.29 is 19.1 Å². The molecule has 2 aliphatic rings. The third-order valence-electron chi connectivity index (χ3n) is 5.94. The highest BCUT2D eigenvalue weighted by atomic mass is 16.7. The standard InChI is InChI=1S/C25H29NO4/c1-25(2)22(16-26-30-20-12-6-7-13-20)23(25)24(27)28-17-18-9-8-14-21(15-18)29-19-10-4-3-5-11-19/h3-5,8-11,14-16,20,23,26H,6-7,12-13,17H2,1-2H3/t23-/m0/s1. The zero-order valence-electron chi connectivity index (χ0n) is 17.6. The van der Waals surface area contributed by atoms with Crippen LogP contribution in [0.25, 0.3) is 0 Å². The lowest BCUT2D eigenvalue weighted by Gasteiger charge is -2.09. The lowest BCUT2D eigenvalue weighted by atomic mass is 10.1. The van der Waals surface area contributed by atoms with Crippen molar-refractivity contribution in [2.45, 2.75) is 52.2 Å². The van der Waals surface area contributed by atoms with Crippen molar-refractivity contribution in [3.05, 3.63) is 71.9 Å². The van der Waals surface area contributed by atoms with Crippen molar-refractivity contribution in [1.82, 2.24) is 5.48 Å². The minimum absolute atomic E-state index is 0.205. The molecule has 2 aliphatic carbocycles. The molecule has 4 rings (SSSR count). The minimum Gasteiger partial charge on any atom is -0.460 e. The van der Waals surface area contributed by atoms with E-state index in [0.717, 1.165) is 35.5 Å². The summed E-state index contributed by atoms with van der Waals surface area (Å²) in [7, 11) is 0. The monoisotopic (exact) mass is 407 g/mol. The van der Waals surface area contributed by atoms with Crippen molar-refractivity contribution in [1.29, 1.82) is 0 Å². The van der Waals surface area contributed by atoms with E-state index in [1.165, 1.54) is 12.8 Å². The van der Waals surface area contributed by atoms with Crippen LogP contribution in [-0.4, -0.2) is 12.1 Å². The van der Waals surface area contributed by atoms with Gasteiger partial charge in [0.25, 0.3) is 0 Å². The summed E-state index contributed by atoms with van der Waals surface area (Å²) in [6.45, 7) is 4.32. The van der Waals surface area contributed by atoms with Crippen LogP contribution in [0.5, 0.6) is 11.5 Å². The van der Waals surface area contributed by atoms with E-state index in [2.05, 4.69) is 19.3 Å². The second-order valence-electron chi connectivity index (χ2n) is 8.57. The Morgan fingerprint density at radius 1 is 1.07 bits per heavy atom. The summed E-state index contributed by atoms with van der Waals surface area (Å²) in [4.78, 5) is 18.3. The fourth-order valence-corrected chi connectivity index (χ4v) is 4.03. The molecule has 0 bridgehead atoms. The van der Waals surface area contributed by atoms with Crippen LogP contribution in [-0.2, 0) is 21.0 Å². The van der Waals surface area contributed by atoms with E-state index in [0.29, 0.717) is 0 Å². The number of para-hydroxylation sites is 1. The van der Waals surface area contributed by atoms with Gasteiger partial charge in [-0.1, -0.05) is 57.0 Å². The van der Waals surface area contributed by atoms with Crippen LogP contribution in [0, 0.1) is 11.3 Å². The van der Waals surface area contributed by atoms with Gasteiger partial charge >= 0.3 is 5.97 Å². The van der Waals surface area contributed by atoms with Crippen molar-refractivity contribution in [3.63, 3.8) is 0 Å². The molecular formula is C25H29NO4. The molecule has 0 heterocycles. The normalized spacial score (nSPS) is 21.4. The maximum Gasteiger partial charge on any atom is 0.314 e. The summed E-state index contributed by atoms with van der Waals surface area (Å²) in [6, 6.07) is 17.2. The summed E-state index contributed by atoms with van der Waals surface area (Å²) in [5, 5.41) is 0. The van der Waals surface area contributed by atoms with Gasteiger partial charge in [-0.3, -0.25) is 15.1 Å². The van der Waals surface area contributed by atoms with Gasteiger partial charge in [-0.05, 0) is 48.2 Å². The van der Waals surface area contributed by atoms with Crippen molar-refractivity contribution in [2.75, 3.05) is 0 Å². The van der Waals surface area contributed by atoms with Crippen LogP contribution >= 0.6 is 0 Å². The number of rotatable bonds is 8. The lowest BCUT2D eigenvalue weighted by Crippen LogP contribution is -2.16. The summed E-state index contributed by atoms with van der Waals surface area (Å²) >= 11 is 0. The van der Waals surface area contributed by atoms with E-state index in [9.17, 15) is 4.79 Å². The lowest BCUT2D eigenvalue weighted by molar-refractivity contribution is -0.147. The third kappa shape index (κ3) is 4.85. The van der Waals surface area contributed by atoms with Gasteiger partial charge in [0.05, 0.1) is 12.0 Å². The highest BCUT2D eigenvalue weighted by molar-refractivity contribution is 5.83. The van der Waals surface area contributed by atoms with Crippen LogP contribution in [0.15, 0.2) is 66.4 Å². The van der Waals surface area contributed by atoms with E-state index in [1.54, 1.807) is 0 Å². The van der Waals surface area contributed by atoms with E-state index in [4.69, 9.17) is 14.3 Å². The molecule has 0 spiro atoms. The molecule has 0 aliphatic heterocycles. The molecule has 0 saturated heterocycles. The van der Waals surface area contributed by atoms with Crippen LogP contribution < -0.4 is 10.2 Å². The quantitative estimate of drug-likeness (QED) is 0.461. The minimum atomic E-state index is -0.235. The van der Waals surface area contributed by atoms with Gasteiger partial charge in [0.15, 0.2) is 0 Å². The number of carbonyl (C=O) groups is 1. The van der Waals surface area contributed by atoms with Gasteiger partial charge in [0.2, 0.25) is 0 Å². The Labute approximate surface area is 178 Å². The summed E-state index contributed by atoms with van der Waals surface area (Å²) < 4.78 is 11.4. The highest BCUT2D eigenvalue weighted by Gasteiger charge is 2.58. The Morgan fingerprint density at radius 2 is 1.80 bits per heavy atom. The zero-order valence-corrected chi connectivity index (χ0v) is 17.6. The third-order valence-corrected chi connectivity index (χ3v) is 5.94. The molecule has 30 heavy (non-hydrogen) atoms. The van der Waals surface area contributed by atoms with Crippen molar-refractivity contribution >= 4 is 5.97 Å². The number of ether oxygens (including phenoxy) is 2. The van der Waals surface area contributed by atoms with Gasteiger partial charge in [0, 0.05) is 11.6 Å². The molecule has 0 amide bonds. The maximum atomic E-state index is 12.6. The predicted molar refractivity (Wildman–Crippen MR) is 115 cm³/mol. The molecule has 0 radical (unpaired) electrons. The average Bonchev–Trinajstić information content (AvgIpc) is 3.07. The predicted octanol–water partition coefficient (Wildman–Crippen LogP) is 5.53. The molecule has 2 aromatic carbocycles. The Hall–Kier alpha value is -2.79. The first-order chi connectivity index (χ1) is 14.5. The summed E-state index contributed by atoms with van der Waals surface area (Å²) in [5.41, 5.74) is 4.65. The van der Waals surface area contributed by atoms with E-state index >= 15 is 0 Å². The van der Waals surface area contributed by atoms with Crippen LogP contribution in [0.1, 0.15) is 45.1 Å². The van der Waals surface area contributed by atoms with Crippen molar-refractivity contribution in [3.8, 4) is 11.5 Å². The Morgan fingerprint density at radius 3 is 2.57 bits per heavy atom. The molecule has 158 valence electrons. The number of carbonyl (C=O) groups excluding carboxylic acids is 1. The highest BCUT2D eigenvalue weighted by Crippen LogP contribution is 2.58. The number of nitrogens with one attached hydrogen (secondary N) is 1. The summed E-state index contributed by atoms with van der Waals surface area (Å²) in [5.74, 6) is 1.05. The second-order valence-corrected chi connectivity index (χ2v) is 8.57. The Bertz CT molecular complexity index is 900. The van der Waals surface area contributed by atoms with E-state index in [1.807, 2.05) is 60.8 Å². The number of hydroxylamine groups is 1. The van der Waals surface area contributed by atoms with E-state index in [-0.39, 0.29) is 30.0 Å². The first-order valence-electron chi connectivity index (χ1n) is 10.6. The van der Waals surface area contributed by atoms with Gasteiger partial charge < -0.3 is 9.47 Å². The van der Waals surface area contributed by atoms with Gasteiger partial charge in [-0.2, -0.15) is 0 Å². The van der Waals surface area contributed by atoms with Gasteiger partial charge in [0.1, 0.15) is 18.1 Å². The summed E-state index contributed by atoms with van der Waals surface area (Å²) in [6.07, 6.45) is 6.75. The molecule has 2 saturated carbocycles. The molecule has 2 aromatic rings. The first kappa shape index (κ1) is 20.5. The maximum absolute atomic E-state index is 12.6. The number of hydrogen-bond acceptors (Lipinski definition) is 5. The molecule has 2 fully saturated rings. The van der Waals surface area contributed by atoms with Gasteiger partial charge in [-0.15, -0.1) is 0 Å². The van der Waals surface area contributed by atoms with E-state index < -0.39 is 0 Å². The number of hydrogen-bond donors (Lipinski definition) is 1. The molecule has 0 unspecified atom stereocenters. The Balaban J connectivity index is 1.29. The molecule has 0 aromatic heterocycles. The van der Waals surface area contributed by atoms with Gasteiger partial charge in [-0.25, -0.2) is 0 Å². The largest absolute Gasteiger partial charge is 0.460 e. The molecule has 1 atom stereocenters. The topological polar surface area (TPSA) is 56.8 Å². The second kappa shape index (κ2) is 8.92. The molecular weight excluding hydrogens is 378 g/mol. The van der Waals surface area contributed by atoms with Crippen molar-refractivity contribution in [2.24, 2.45) is 11.3 Å². The van der Waals surface area contributed by atoms with Crippen LogP contribution in [0.2, 0.25) is 0 Å². The number of esters is 1. The molecule has 5 nitrogen and oxygen atoms in total. The fraction of sp³-hybridized carbons (Fsp3) is 0.400. The first-order valence-corrected chi connectivity index (χ1v) is 10.6. The number of benzene rings is 2.